The van der Waals surface area contributed by atoms with Crippen LogP contribution >= 0.6 is 11.8 Å². The summed E-state index contributed by atoms with van der Waals surface area (Å²) in [4.78, 5) is 16.5. The normalized spacial score (nSPS) is 14.7. The third-order valence-corrected chi connectivity index (χ3v) is 5.23. The van der Waals surface area contributed by atoms with Crippen molar-refractivity contribution in [1.29, 1.82) is 0 Å². The molecule has 9 heteroatoms. The van der Waals surface area contributed by atoms with Crippen LogP contribution in [0.4, 0.5) is 10.1 Å². The van der Waals surface area contributed by atoms with Gasteiger partial charge in [0.1, 0.15) is 12.1 Å². The van der Waals surface area contributed by atoms with Gasteiger partial charge in [-0.1, -0.05) is 11.8 Å². The number of amides is 1. The van der Waals surface area contributed by atoms with Crippen LogP contribution < -0.4 is 4.90 Å². The van der Waals surface area contributed by atoms with Crippen LogP contribution in [-0.4, -0.2) is 71.2 Å². The Bertz CT molecular complexity index is 716. The maximum Gasteiger partial charge on any atom is 0.233 e. The van der Waals surface area contributed by atoms with E-state index >= 15 is 0 Å². The molecule has 1 saturated heterocycles. The van der Waals surface area contributed by atoms with E-state index < -0.39 is 0 Å². The fourth-order valence-corrected chi connectivity index (χ4v) is 3.63. The highest BCUT2D eigenvalue weighted by Gasteiger charge is 2.22. The molecule has 1 fully saturated rings. The van der Waals surface area contributed by atoms with E-state index in [2.05, 4.69) is 15.1 Å². The Labute approximate surface area is 156 Å². The van der Waals surface area contributed by atoms with Gasteiger partial charge in [0.25, 0.3) is 0 Å². The van der Waals surface area contributed by atoms with Crippen molar-refractivity contribution in [1.82, 2.24) is 19.7 Å². The van der Waals surface area contributed by atoms with Gasteiger partial charge in [-0.25, -0.2) is 4.39 Å². The lowest BCUT2D eigenvalue weighted by Crippen LogP contribution is -2.49. The van der Waals surface area contributed by atoms with E-state index in [-0.39, 0.29) is 11.7 Å². The first-order valence-corrected chi connectivity index (χ1v) is 9.44. The minimum absolute atomic E-state index is 0.0926. The summed E-state index contributed by atoms with van der Waals surface area (Å²) in [6, 6.07) is 6.47. The van der Waals surface area contributed by atoms with Gasteiger partial charge in [-0.3, -0.25) is 4.79 Å². The van der Waals surface area contributed by atoms with E-state index in [1.807, 2.05) is 9.47 Å². The number of thioether (sulfide) groups is 1. The number of aromatic nitrogens is 3. The number of ether oxygens (including phenoxy) is 1. The molecular formula is C17H22FN5O2S. The number of methoxy groups -OCH3 is 1. The monoisotopic (exact) mass is 379 g/mol. The predicted molar refractivity (Wildman–Crippen MR) is 97.8 cm³/mol. The van der Waals surface area contributed by atoms with Crippen molar-refractivity contribution < 1.29 is 13.9 Å². The number of carbonyl (C=O) groups is 1. The highest BCUT2D eigenvalue weighted by Crippen LogP contribution is 2.19. The Morgan fingerprint density at radius 3 is 2.65 bits per heavy atom. The summed E-state index contributed by atoms with van der Waals surface area (Å²) in [6.07, 6.45) is 1.65. The van der Waals surface area contributed by atoms with Crippen LogP contribution in [0.25, 0.3) is 0 Å². The number of nitrogens with zero attached hydrogens (tertiary/aromatic N) is 5. The number of anilines is 1. The van der Waals surface area contributed by atoms with Crippen molar-refractivity contribution in [3.63, 3.8) is 0 Å². The van der Waals surface area contributed by atoms with Crippen molar-refractivity contribution in [2.24, 2.45) is 0 Å². The van der Waals surface area contributed by atoms with E-state index in [9.17, 15) is 9.18 Å². The average Bonchev–Trinajstić information content (AvgIpc) is 3.12. The van der Waals surface area contributed by atoms with Gasteiger partial charge in [-0.15, -0.1) is 10.2 Å². The molecule has 140 valence electrons. The molecule has 26 heavy (non-hydrogen) atoms. The van der Waals surface area contributed by atoms with E-state index in [4.69, 9.17) is 4.74 Å². The van der Waals surface area contributed by atoms with Crippen LogP contribution in [0.3, 0.4) is 0 Å². The third-order valence-electron chi connectivity index (χ3n) is 4.27. The van der Waals surface area contributed by atoms with Crippen LogP contribution in [0.1, 0.15) is 0 Å². The Morgan fingerprint density at radius 2 is 1.96 bits per heavy atom. The van der Waals surface area contributed by atoms with E-state index in [1.165, 1.54) is 23.9 Å². The molecule has 1 amide bonds. The average molecular weight is 379 g/mol. The topological polar surface area (TPSA) is 63.5 Å². The quantitative estimate of drug-likeness (QED) is 0.680. The number of rotatable bonds is 7. The fraction of sp³-hybridized carbons (Fsp3) is 0.471. The Kier molecular flexibility index (Phi) is 6.45. The molecule has 1 aromatic carbocycles. The van der Waals surface area contributed by atoms with Gasteiger partial charge in [-0.2, -0.15) is 0 Å². The molecule has 2 aromatic rings. The van der Waals surface area contributed by atoms with Crippen LogP contribution in [0.5, 0.6) is 0 Å². The second-order valence-corrected chi connectivity index (χ2v) is 6.88. The zero-order valence-corrected chi connectivity index (χ0v) is 15.5. The van der Waals surface area contributed by atoms with Crippen molar-refractivity contribution in [3.8, 4) is 0 Å². The Morgan fingerprint density at radius 1 is 1.23 bits per heavy atom. The molecule has 0 bridgehead atoms. The summed E-state index contributed by atoms with van der Waals surface area (Å²) in [5.74, 6) is 0.190. The summed E-state index contributed by atoms with van der Waals surface area (Å²) < 4.78 is 20.0. The number of hydrogen-bond acceptors (Lipinski definition) is 6. The molecular weight excluding hydrogens is 357 g/mol. The van der Waals surface area contributed by atoms with Crippen LogP contribution in [0.15, 0.2) is 35.7 Å². The van der Waals surface area contributed by atoms with Crippen LogP contribution in [0.2, 0.25) is 0 Å². The van der Waals surface area contributed by atoms with Crippen molar-refractivity contribution >= 4 is 23.4 Å². The van der Waals surface area contributed by atoms with Gasteiger partial charge in [0.15, 0.2) is 5.16 Å². The van der Waals surface area contributed by atoms with Crippen molar-refractivity contribution in [2.45, 2.75) is 11.7 Å². The van der Waals surface area contributed by atoms with Gasteiger partial charge in [0, 0.05) is 45.5 Å². The van der Waals surface area contributed by atoms with E-state index in [1.54, 1.807) is 25.6 Å². The van der Waals surface area contributed by atoms with Crippen molar-refractivity contribution in [3.05, 3.63) is 36.4 Å². The highest BCUT2D eigenvalue weighted by molar-refractivity contribution is 7.99. The molecule has 1 aromatic heterocycles. The van der Waals surface area contributed by atoms with Crippen LogP contribution in [0, 0.1) is 5.82 Å². The van der Waals surface area contributed by atoms with Gasteiger partial charge < -0.3 is 19.1 Å². The first-order valence-electron chi connectivity index (χ1n) is 8.45. The fourth-order valence-electron chi connectivity index (χ4n) is 2.78. The number of hydrogen-bond donors (Lipinski definition) is 0. The molecule has 0 N–H and O–H groups in total. The molecule has 0 atom stereocenters. The lowest BCUT2D eigenvalue weighted by molar-refractivity contribution is -0.128. The minimum Gasteiger partial charge on any atom is -0.383 e. The molecule has 0 aliphatic carbocycles. The molecule has 0 unspecified atom stereocenters. The van der Waals surface area contributed by atoms with E-state index in [0.717, 1.165) is 23.9 Å². The van der Waals surface area contributed by atoms with Gasteiger partial charge in [0.05, 0.1) is 12.4 Å². The summed E-state index contributed by atoms with van der Waals surface area (Å²) >= 11 is 1.39. The SMILES string of the molecule is COCCn1cnnc1SCC(=O)N1CCN(c2ccc(F)cc2)CC1. The second kappa shape index (κ2) is 9.00. The van der Waals surface area contributed by atoms with E-state index in [0.29, 0.717) is 32.0 Å². The summed E-state index contributed by atoms with van der Waals surface area (Å²) in [7, 11) is 1.65. The molecule has 1 aliphatic heterocycles. The standard InChI is InChI=1S/C17H22FN5O2S/c1-25-11-10-23-13-19-20-17(23)26-12-16(24)22-8-6-21(7-9-22)15-4-2-14(18)3-5-15/h2-5,13H,6-12H2,1H3. The van der Waals surface area contributed by atoms with Crippen molar-refractivity contribution in [2.75, 3.05) is 50.5 Å². The van der Waals surface area contributed by atoms with Crippen LogP contribution in [-0.2, 0) is 16.1 Å². The molecule has 7 nitrogen and oxygen atoms in total. The van der Waals surface area contributed by atoms with Gasteiger partial charge >= 0.3 is 0 Å². The first kappa shape index (κ1) is 18.7. The van der Waals surface area contributed by atoms with Gasteiger partial charge in [-0.05, 0) is 24.3 Å². The Hall–Kier alpha value is -2.13. The first-order chi connectivity index (χ1) is 12.7. The third kappa shape index (κ3) is 4.73. The number of piperazine rings is 1. The summed E-state index contributed by atoms with van der Waals surface area (Å²) in [5.41, 5.74) is 0.985. The predicted octanol–water partition coefficient (Wildman–Crippen LogP) is 1.50. The number of halogens is 1. The number of carbonyl (C=O) groups excluding carboxylic acids is 1. The molecule has 0 saturated carbocycles. The number of benzene rings is 1. The lowest BCUT2D eigenvalue weighted by Gasteiger charge is -2.36. The maximum absolute atomic E-state index is 13.0. The maximum atomic E-state index is 13.0. The molecule has 2 heterocycles. The molecule has 0 spiro atoms. The minimum atomic E-state index is -0.238. The summed E-state index contributed by atoms with van der Waals surface area (Å²) in [5, 5.41) is 8.67. The summed E-state index contributed by atoms with van der Waals surface area (Å²) in [6.45, 7) is 4.04. The lowest BCUT2D eigenvalue weighted by atomic mass is 10.2. The van der Waals surface area contributed by atoms with Gasteiger partial charge in [0.2, 0.25) is 5.91 Å². The zero-order valence-electron chi connectivity index (χ0n) is 14.7. The second-order valence-electron chi connectivity index (χ2n) is 5.93. The smallest absolute Gasteiger partial charge is 0.233 e. The Balaban J connectivity index is 1.46. The molecule has 0 radical (unpaired) electrons. The highest BCUT2D eigenvalue weighted by atomic mass is 32.2. The zero-order chi connectivity index (χ0) is 18.4. The largest absolute Gasteiger partial charge is 0.383 e. The molecule has 3 rings (SSSR count). The molecule has 1 aliphatic rings.